The third kappa shape index (κ3) is 2.31. The Morgan fingerprint density at radius 1 is 1.08 bits per heavy atom. The summed E-state index contributed by atoms with van der Waals surface area (Å²) in [6.07, 6.45) is 3.33. The summed E-state index contributed by atoms with van der Waals surface area (Å²) in [4.78, 5) is 19.4. The molecule has 0 radical (unpaired) electrons. The van der Waals surface area contributed by atoms with Crippen molar-refractivity contribution in [2.45, 2.75) is 6.61 Å². The summed E-state index contributed by atoms with van der Waals surface area (Å²) in [6.45, 7) is -0.0419. The third-order valence-electron chi connectivity index (χ3n) is 4.04. The maximum Gasteiger partial charge on any atom is 0.260 e. The van der Waals surface area contributed by atoms with E-state index in [1.54, 1.807) is 0 Å². The molecule has 0 aliphatic heterocycles. The normalized spacial score (nSPS) is 11.0. The SMILES string of the molecule is O=c1[nH]cnc2c1c(-c1cccc(CO)c1)cn2-c1ccccc1. The molecule has 0 aliphatic carbocycles. The number of benzene rings is 2. The van der Waals surface area contributed by atoms with Gasteiger partial charge in [0.25, 0.3) is 5.56 Å². The van der Waals surface area contributed by atoms with Gasteiger partial charge in [0.2, 0.25) is 0 Å². The molecule has 0 unspecified atom stereocenters. The fourth-order valence-electron chi connectivity index (χ4n) is 2.91. The lowest BCUT2D eigenvalue weighted by atomic mass is 10.0. The first-order valence-electron chi connectivity index (χ1n) is 7.62. The van der Waals surface area contributed by atoms with Crippen molar-refractivity contribution in [3.05, 3.63) is 83.0 Å². The minimum Gasteiger partial charge on any atom is -0.392 e. The van der Waals surface area contributed by atoms with Gasteiger partial charge in [0.15, 0.2) is 5.65 Å². The average molecular weight is 317 g/mol. The molecule has 2 aromatic carbocycles. The van der Waals surface area contributed by atoms with Crippen LogP contribution in [0.3, 0.4) is 0 Å². The molecule has 5 nitrogen and oxygen atoms in total. The maximum atomic E-state index is 12.4. The summed E-state index contributed by atoms with van der Waals surface area (Å²) in [6, 6.07) is 17.3. The molecule has 118 valence electrons. The topological polar surface area (TPSA) is 70.9 Å². The van der Waals surface area contributed by atoms with Crippen LogP contribution in [0.1, 0.15) is 5.56 Å². The van der Waals surface area contributed by atoms with Gasteiger partial charge in [0.1, 0.15) is 0 Å². The Morgan fingerprint density at radius 2 is 1.92 bits per heavy atom. The molecule has 0 amide bonds. The molecule has 2 aromatic heterocycles. The first kappa shape index (κ1) is 14.4. The molecule has 0 fully saturated rings. The van der Waals surface area contributed by atoms with Crippen LogP contribution >= 0.6 is 0 Å². The number of aliphatic hydroxyl groups is 1. The number of para-hydroxylation sites is 1. The fourth-order valence-corrected chi connectivity index (χ4v) is 2.91. The number of aliphatic hydroxyl groups excluding tert-OH is 1. The lowest BCUT2D eigenvalue weighted by Gasteiger charge is -2.03. The number of fused-ring (bicyclic) bond motifs is 1. The molecule has 0 aliphatic rings. The van der Waals surface area contributed by atoms with Gasteiger partial charge in [-0.15, -0.1) is 0 Å². The zero-order chi connectivity index (χ0) is 16.5. The van der Waals surface area contributed by atoms with Gasteiger partial charge in [-0.25, -0.2) is 4.98 Å². The van der Waals surface area contributed by atoms with Gasteiger partial charge in [0.05, 0.1) is 18.3 Å². The number of hydrogen-bond donors (Lipinski definition) is 2. The van der Waals surface area contributed by atoms with Crippen LogP contribution in [0.25, 0.3) is 27.8 Å². The number of nitrogens with zero attached hydrogens (tertiary/aromatic N) is 2. The highest BCUT2D eigenvalue weighted by atomic mass is 16.3. The van der Waals surface area contributed by atoms with Gasteiger partial charge < -0.3 is 14.7 Å². The first-order valence-corrected chi connectivity index (χ1v) is 7.62. The minimum absolute atomic E-state index is 0.0419. The van der Waals surface area contributed by atoms with Crippen molar-refractivity contribution in [2.75, 3.05) is 0 Å². The Hall–Kier alpha value is -3.18. The second kappa shape index (κ2) is 5.79. The molecule has 4 rings (SSSR count). The fraction of sp³-hybridized carbons (Fsp3) is 0.0526. The van der Waals surface area contributed by atoms with Crippen molar-refractivity contribution in [2.24, 2.45) is 0 Å². The van der Waals surface area contributed by atoms with E-state index in [0.717, 1.165) is 22.4 Å². The molecule has 24 heavy (non-hydrogen) atoms. The summed E-state index contributed by atoms with van der Waals surface area (Å²) in [5.41, 5.74) is 3.82. The zero-order valence-electron chi connectivity index (χ0n) is 12.8. The second-order valence-corrected chi connectivity index (χ2v) is 5.54. The Morgan fingerprint density at radius 3 is 2.71 bits per heavy atom. The molecule has 2 heterocycles. The van der Waals surface area contributed by atoms with Gasteiger partial charge in [-0.1, -0.05) is 36.4 Å². The number of H-pyrrole nitrogens is 1. The van der Waals surface area contributed by atoms with Crippen LogP contribution in [0.5, 0.6) is 0 Å². The Labute approximate surface area is 137 Å². The number of aromatic nitrogens is 3. The number of aromatic amines is 1. The van der Waals surface area contributed by atoms with E-state index in [-0.39, 0.29) is 12.2 Å². The van der Waals surface area contributed by atoms with Crippen LogP contribution in [-0.4, -0.2) is 19.6 Å². The van der Waals surface area contributed by atoms with Gasteiger partial charge in [-0.2, -0.15) is 0 Å². The molecular weight excluding hydrogens is 302 g/mol. The lowest BCUT2D eigenvalue weighted by Crippen LogP contribution is -2.07. The molecule has 0 bridgehead atoms. The number of rotatable bonds is 3. The van der Waals surface area contributed by atoms with Crippen LogP contribution in [0.2, 0.25) is 0 Å². The molecular formula is C19H15N3O2. The summed E-state index contributed by atoms with van der Waals surface area (Å²) in [5, 5.41) is 9.91. The van der Waals surface area contributed by atoms with Crippen molar-refractivity contribution in [1.29, 1.82) is 0 Å². The van der Waals surface area contributed by atoms with Crippen molar-refractivity contribution >= 4 is 11.0 Å². The summed E-state index contributed by atoms with van der Waals surface area (Å²) in [7, 11) is 0. The highest BCUT2D eigenvalue weighted by Crippen LogP contribution is 2.29. The Kier molecular flexibility index (Phi) is 3.48. The number of nitrogens with one attached hydrogen (secondary N) is 1. The molecule has 0 atom stereocenters. The van der Waals surface area contributed by atoms with E-state index in [0.29, 0.717) is 11.0 Å². The second-order valence-electron chi connectivity index (χ2n) is 5.54. The predicted molar refractivity (Wildman–Crippen MR) is 93.0 cm³/mol. The van der Waals surface area contributed by atoms with Crippen molar-refractivity contribution in [3.8, 4) is 16.8 Å². The minimum atomic E-state index is -0.181. The smallest absolute Gasteiger partial charge is 0.260 e. The first-order chi connectivity index (χ1) is 11.8. The molecule has 0 saturated carbocycles. The molecule has 2 N–H and O–H groups in total. The molecule has 5 heteroatoms. The van der Waals surface area contributed by atoms with E-state index < -0.39 is 0 Å². The van der Waals surface area contributed by atoms with Crippen LogP contribution in [0.15, 0.2) is 71.9 Å². The number of hydrogen-bond acceptors (Lipinski definition) is 3. The van der Waals surface area contributed by atoms with Crippen LogP contribution < -0.4 is 5.56 Å². The third-order valence-corrected chi connectivity index (χ3v) is 4.04. The lowest BCUT2D eigenvalue weighted by molar-refractivity contribution is 0.282. The monoisotopic (exact) mass is 317 g/mol. The van der Waals surface area contributed by atoms with E-state index in [2.05, 4.69) is 9.97 Å². The van der Waals surface area contributed by atoms with Crippen LogP contribution in [0.4, 0.5) is 0 Å². The van der Waals surface area contributed by atoms with Crippen molar-refractivity contribution in [1.82, 2.24) is 14.5 Å². The van der Waals surface area contributed by atoms with Gasteiger partial charge in [0, 0.05) is 17.4 Å². The maximum absolute atomic E-state index is 12.4. The van der Waals surface area contributed by atoms with Crippen LogP contribution in [-0.2, 0) is 6.61 Å². The predicted octanol–water partition coefficient (Wildman–Crippen LogP) is 2.87. The largest absolute Gasteiger partial charge is 0.392 e. The van der Waals surface area contributed by atoms with E-state index >= 15 is 0 Å². The molecule has 0 spiro atoms. The quantitative estimate of drug-likeness (QED) is 0.610. The zero-order valence-corrected chi connectivity index (χ0v) is 12.8. The highest BCUT2D eigenvalue weighted by Gasteiger charge is 2.15. The standard InChI is InChI=1S/C19H15N3O2/c23-11-13-5-4-6-14(9-13)16-10-22(15-7-2-1-3-8-15)18-17(16)19(24)21-12-20-18/h1-10,12,23H,11H2,(H,20,21,24). The van der Waals surface area contributed by atoms with Crippen molar-refractivity contribution in [3.63, 3.8) is 0 Å². The van der Waals surface area contributed by atoms with Gasteiger partial charge in [-0.05, 0) is 29.3 Å². The van der Waals surface area contributed by atoms with E-state index in [9.17, 15) is 9.90 Å². The highest BCUT2D eigenvalue weighted by molar-refractivity contribution is 5.94. The Balaban J connectivity index is 2.04. The van der Waals surface area contributed by atoms with Gasteiger partial charge in [-0.3, -0.25) is 4.79 Å². The summed E-state index contributed by atoms with van der Waals surface area (Å²) in [5.74, 6) is 0. The Bertz CT molecular complexity index is 1060. The molecule has 4 aromatic rings. The van der Waals surface area contributed by atoms with Crippen LogP contribution in [0, 0.1) is 0 Å². The van der Waals surface area contributed by atoms with Gasteiger partial charge >= 0.3 is 0 Å². The van der Waals surface area contributed by atoms with E-state index in [1.165, 1.54) is 6.33 Å². The summed E-state index contributed by atoms with van der Waals surface area (Å²) < 4.78 is 1.91. The molecule has 0 saturated heterocycles. The van der Waals surface area contributed by atoms with E-state index in [4.69, 9.17) is 0 Å². The summed E-state index contributed by atoms with van der Waals surface area (Å²) >= 11 is 0. The van der Waals surface area contributed by atoms with E-state index in [1.807, 2.05) is 65.4 Å². The average Bonchev–Trinajstić information content (AvgIpc) is 3.04. The van der Waals surface area contributed by atoms with Crippen molar-refractivity contribution < 1.29 is 5.11 Å².